The van der Waals surface area contributed by atoms with Crippen molar-refractivity contribution >= 4 is 23.5 Å². The van der Waals surface area contributed by atoms with Gasteiger partial charge in [-0.15, -0.1) is 0 Å². The van der Waals surface area contributed by atoms with E-state index in [2.05, 4.69) is 0 Å². The van der Waals surface area contributed by atoms with Gasteiger partial charge in [0.2, 0.25) is 0 Å². The molecule has 1 N–H and O–H groups in total. The number of benzene rings is 1. The van der Waals surface area contributed by atoms with Gasteiger partial charge in [0.1, 0.15) is 11.8 Å². The maximum absolute atomic E-state index is 12.0. The highest BCUT2D eigenvalue weighted by Crippen LogP contribution is 2.25. The fourth-order valence-electron chi connectivity index (χ4n) is 2.27. The molecular formula is C14H16ClNO4. The normalized spacial score (nSPS) is 18.1. The van der Waals surface area contributed by atoms with Gasteiger partial charge in [0, 0.05) is 6.54 Å². The molecule has 1 heterocycles. The van der Waals surface area contributed by atoms with Crippen molar-refractivity contribution in [3.05, 3.63) is 28.8 Å². The maximum atomic E-state index is 12.0. The summed E-state index contributed by atoms with van der Waals surface area (Å²) in [4.78, 5) is 24.4. The molecule has 1 amide bonds. The molecule has 0 radical (unpaired) electrons. The van der Waals surface area contributed by atoms with E-state index < -0.39 is 12.0 Å². The minimum absolute atomic E-state index is 0.201. The van der Waals surface area contributed by atoms with Gasteiger partial charge in [0.05, 0.1) is 5.02 Å². The zero-order valence-corrected chi connectivity index (χ0v) is 11.9. The average molecular weight is 298 g/mol. The highest BCUT2D eigenvalue weighted by Gasteiger charge is 2.33. The van der Waals surface area contributed by atoms with Gasteiger partial charge in [0.15, 0.2) is 6.61 Å². The van der Waals surface area contributed by atoms with Crippen LogP contribution in [0.2, 0.25) is 5.02 Å². The molecule has 108 valence electrons. The second-order valence-corrected chi connectivity index (χ2v) is 5.21. The molecule has 5 nitrogen and oxygen atoms in total. The van der Waals surface area contributed by atoms with E-state index in [0.29, 0.717) is 30.2 Å². The number of carbonyl (C=O) groups excluding carboxylic acids is 1. The molecule has 2 rings (SSSR count). The van der Waals surface area contributed by atoms with Gasteiger partial charge in [-0.2, -0.15) is 0 Å². The second kappa shape index (κ2) is 6.13. The minimum Gasteiger partial charge on any atom is -0.482 e. The van der Waals surface area contributed by atoms with E-state index in [1.165, 1.54) is 4.90 Å². The van der Waals surface area contributed by atoms with E-state index in [0.717, 1.165) is 5.56 Å². The number of aliphatic carboxylic acids is 1. The molecule has 0 aliphatic carbocycles. The quantitative estimate of drug-likeness (QED) is 0.924. The fraction of sp³-hybridized carbons (Fsp3) is 0.429. The highest BCUT2D eigenvalue weighted by atomic mass is 35.5. The van der Waals surface area contributed by atoms with Crippen LogP contribution in [-0.2, 0) is 9.59 Å². The average Bonchev–Trinajstić information content (AvgIpc) is 2.89. The number of carboxylic acids is 1. The zero-order chi connectivity index (χ0) is 14.7. The van der Waals surface area contributed by atoms with Crippen LogP contribution in [0, 0.1) is 6.92 Å². The molecule has 1 aliphatic rings. The van der Waals surface area contributed by atoms with Gasteiger partial charge in [0.25, 0.3) is 5.91 Å². The summed E-state index contributed by atoms with van der Waals surface area (Å²) < 4.78 is 5.40. The van der Waals surface area contributed by atoms with Crippen molar-refractivity contribution in [2.75, 3.05) is 13.2 Å². The summed E-state index contributed by atoms with van der Waals surface area (Å²) in [6.45, 7) is 2.15. The molecule has 0 unspecified atom stereocenters. The van der Waals surface area contributed by atoms with Crippen LogP contribution < -0.4 is 4.74 Å². The number of hydrogen-bond acceptors (Lipinski definition) is 3. The number of hydrogen-bond donors (Lipinski definition) is 1. The molecule has 1 atom stereocenters. The van der Waals surface area contributed by atoms with Crippen LogP contribution >= 0.6 is 11.6 Å². The lowest BCUT2D eigenvalue weighted by atomic mass is 10.2. The number of carbonyl (C=O) groups is 2. The topological polar surface area (TPSA) is 66.8 Å². The number of halogens is 1. The second-order valence-electron chi connectivity index (χ2n) is 4.81. The van der Waals surface area contributed by atoms with Crippen molar-refractivity contribution in [2.24, 2.45) is 0 Å². The summed E-state index contributed by atoms with van der Waals surface area (Å²) in [7, 11) is 0. The minimum atomic E-state index is -0.968. The van der Waals surface area contributed by atoms with E-state index >= 15 is 0 Å². The molecule has 1 saturated heterocycles. The molecule has 1 aromatic rings. The first-order valence-corrected chi connectivity index (χ1v) is 6.78. The smallest absolute Gasteiger partial charge is 0.326 e. The van der Waals surface area contributed by atoms with Gasteiger partial charge >= 0.3 is 5.97 Å². The maximum Gasteiger partial charge on any atom is 0.326 e. The summed E-state index contributed by atoms with van der Waals surface area (Å²) >= 11 is 5.97. The molecular weight excluding hydrogens is 282 g/mol. The number of rotatable bonds is 4. The number of aryl methyl sites for hydroxylation is 1. The zero-order valence-electron chi connectivity index (χ0n) is 11.1. The number of carboxylic acid groups (broad SMARTS) is 1. The molecule has 0 bridgehead atoms. The van der Waals surface area contributed by atoms with E-state index in [1.54, 1.807) is 12.1 Å². The van der Waals surface area contributed by atoms with E-state index in [4.69, 9.17) is 21.4 Å². The molecule has 1 aromatic carbocycles. The lowest BCUT2D eigenvalue weighted by Gasteiger charge is -2.21. The molecule has 0 saturated carbocycles. The third kappa shape index (κ3) is 3.22. The van der Waals surface area contributed by atoms with Gasteiger partial charge in [-0.05, 0) is 37.5 Å². The van der Waals surface area contributed by atoms with Crippen molar-refractivity contribution in [3.63, 3.8) is 0 Å². The number of likely N-dealkylation sites (tertiary alicyclic amines) is 1. The standard InChI is InChI=1S/C14H16ClNO4/c1-9-4-5-10(15)12(7-9)20-8-13(17)16-6-2-3-11(16)14(18)19/h4-5,7,11H,2-3,6,8H2,1H3,(H,18,19)/t11-/m1/s1. The SMILES string of the molecule is Cc1ccc(Cl)c(OCC(=O)N2CCC[C@@H]2C(=O)O)c1. The summed E-state index contributed by atoms with van der Waals surface area (Å²) in [6, 6.07) is 4.55. The number of ether oxygens (including phenoxy) is 1. The van der Waals surface area contributed by atoms with Gasteiger partial charge in [-0.1, -0.05) is 17.7 Å². The Morgan fingerprint density at radius 1 is 1.50 bits per heavy atom. The highest BCUT2D eigenvalue weighted by molar-refractivity contribution is 6.32. The first kappa shape index (κ1) is 14.7. The van der Waals surface area contributed by atoms with Gasteiger partial charge < -0.3 is 14.7 Å². The van der Waals surface area contributed by atoms with E-state index in [1.807, 2.05) is 13.0 Å². The van der Waals surface area contributed by atoms with Crippen LogP contribution in [0.1, 0.15) is 18.4 Å². The van der Waals surface area contributed by atoms with Crippen molar-refractivity contribution in [3.8, 4) is 5.75 Å². The lowest BCUT2D eigenvalue weighted by Crippen LogP contribution is -2.42. The summed E-state index contributed by atoms with van der Waals surface area (Å²) in [5.74, 6) is -0.858. The lowest BCUT2D eigenvalue weighted by molar-refractivity contribution is -0.148. The third-order valence-corrected chi connectivity index (χ3v) is 3.61. The van der Waals surface area contributed by atoms with Crippen LogP contribution in [0.25, 0.3) is 0 Å². The van der Waals surface area contributed by atoms with Gasteiger partial charge in [-0.25, -0.2) is 4.79 Å². The number of nitrogens with zero attached hydrogens (tertiary/aromatic N) is 1. The summed E-state index contributed by atoms with van der Waals surface area (Å²) in [5.41, 5.74) is 0.974. The molecule has 0 aromatic heterocycles. The summed E-state index contributed by atoms with van der Waals surface area (Å²) in [5, 5.41) is 9.47. The summed E-state index contributed by atoms with van der Waals surface area (Å²) in [6.07, 6.45) is 1.19. The van der Waals surface area contributed by atoms with Crippen LogP contribution in [0.5, 0.6) is 5.75 Å². The van der Waals surface area contributed by atoms with Gasteiger partial charge in [-0.3, -0.25) is 4.79 Å². The van der Waals surface area contributed by atoms with Crippen LogP contribution in [0.3, 0.4) is 0 Å². The van der Waals surface area contributed by atoms with Crippen molar-refractivity contribution in [2.45, 2.75) is 25.8 Å². The first-order chi connectivity index (χ1) is 9.49. The number of amides is 1. The van der Waals surface area contributed by atoms with Crippen molar-refractivity contribution < 1.29 is 19.4 Å². The Bertz CT molecular complexity index is 532. The largest absolute Gasteiger partial charge is 0.482 e. The van der Waals surface area contributed by atoms with Crippen LogP contribution in [0.4, 0.5) is 0 Å². The van der Waals surface area contributed by atoms with Crippen LogP contribution in [-0.4, -0.2) is 41.1 Å². The third-order valence-electron chi connectivity index (χ3n) is 3.30. The predicted octanol–water partition coefficient (Wildman–Crippen LogP) is 2.10. The fourth-order valence-corrected chi connectivity index (χ4v) is 2.44. The van der Waals surface area contributed by atoms with Crippen LogP contribution in [0.15, 0.2) is 18.2 Å². The predicted molar refractivity (Wildman–Crippen MR) is 74.1 cm³/mol. The van der Waals surface area contributed by atoms with Crippen molar-refractivity contribution in [1.29, 1.82) is 0 Å². The molecule has 0 spiro atoms. The Balaban J connectivity index is 1.98. The Morgan fingerprint density at radius 2 is 2.25 bits per heavy atom. The monoisotopic (exact) mass is 297 g/mol. The Labute approximate surface area is 122 Å². The molecule has 20 heavy (non-hydrogen) atoms. The Hall–Kier alpha value is -1.75. The Kier molecular flexibility index (Phi) is 4.49. The molecule has 6 heteroatoms. The van der Waals surface area contributed by atoms with Crippen molar-refractivity contribution in [1.82, 2.24) is 4.90 Å². The molecule has 1 aliphatic heterocycles. The molecule has 1 fully saturated rings. The first-order valence-electron chi connectivity index (χ1n) is 6.40. The van der Waals surface area contributed by atoms with E-state index in [9.17, 15) is 9.59 Å². The van der Waals surface area contributed by atoms with E-state index in [-0.39, 0.29) is 12.5 Å². The Morgan fingerprint density at radius 3 is 2.95 bits per heavy atom.